The van der Waals surface area contributed by atoms with Crippen LogP contribution in [0.15, 0.2) is 24.3 Å². The van der Waals surface area contributed by atoms with E-state index in [0.29, 0.717) is 18.0 Å². The zero-order valence-corrected chi connectivity index (χ0v) is 12.8. The van der Waals surface area contributed by atoms with Gasteiger partial charge in [0.15, 0.2) is 0 Å². The van der Waals surface area contributed by atoms with Crippen LogP contribution in [0.5, 0.6) is 0 Å². The van der Waals surface area contributed by atoms with Crippen molar-refractivity contribution < 1.29 is 10.0 Å². The zero-order chi connectivity index (χ0) is 15.5. The quantitative estimate of drug-likeness (QED) is 0.626. The Bertz CT molecular complexity index is 522. The van der Waals surface area contributed by atoms with Gasteiger partial charge in [-0.15, -0.1) is 0 Å². The Morgan fingerprint density at radius 3 is 2.50 bits per heavy atom. The van der Waals surface area contributed by atoms with E-state index in [9.17, 15) is 15.2 Å². The highest BCUT2D eigenvalue weighted by atomic mass is 16.6. The van der Waals surface area contributed by atoms with Crippen molar-refractivity contribution in [3.63, 3.8) is 0 Å². The van der Waals surface area contributed by atoms with Crippen LogP contribution in [0.2, 0.25) is 0 Å². The Morgan fingerprint density at radius 2 is 1.86 bits per heavy atom. The highest BCUT2D eigenvalue weighted by Gasteiger charge is 2.34. The second-order valence-electron chi connectivity index (χ2n) is 6.71. The summed E-state index contributed by atoms with van der Waals surface area (Å²) in [5, 5.41) is 24.5. The predicted molar refractivity (Wildman–Crippen MR) is 84.7 cm³/mol. The molecular weight excluding hydrogens is 280 g/mol. The summed E-state index contributed by atoms with van der Waals surface area (Å²) in [4.78, 5) is 10.9. The molecule has 22 heavy (non-hydrogen) atoms. The van der Waals surface area contributed by atoms with Gasteiger partial charge in [0.2, 0.25) is 0 Å². The molecule has 5 nitrogen and oxygen atoms in total. The van der Waals surface area contributed by atoms with E-state index in [0.717, 1.165) is 37.7 Å². The van der Waals surface area contributed by atoms with Crippen LogP contribution in [0.25, 0.3) is 0 Å². The van der Waals surface area contributed by atoms with Crippen LogP contribution >= 0.6 is 0 Å². The lowest BCUT2D eigenvalue weighted by molar-refractivity contribution is -0.385. The molecule has 0 amide bonds. The maximum absolute atomic E-state index is 11.2. The van der Waals surface area contributed by atoms with E-state index in [1.165, 1.54) is 12.8 Å². The molecule has 2 aliphatic carbocycles. The van der Waals surface area contributed by atoms with E-state index in [-0.39, 0.29) is 16.7 Å². The Balaban J connectivity index is 1.66. The molecule has 1 aromatic carbocycles. The van der Waals surface area contributed by atoms with Crippen LogP contribution < -0.4 is 5.32 Å². The average molecular weight is 304 g/mol. The van der Waals surface area contributed by atoms with Crippen LogP contribution in [-0.2, 0) is 6.42 Å². The fraction of sp³-hybridized carbons (Fsp3) is 0.647. The van der Waals surface area contributed by atoms with E-state index in [1.54, 1.807) is 12.1 Å². The van der Waals surface area contributed by atoms with Crippen LogP contribution in [0.4, 0.5) is 5.69 Å². The van der Waals surface area contributed by atoms with Gasteiger partial charge in [-0.25, -0.2) is 0 Å². The van der Waals surface area contributed by atoms with Crippen molar-refractivity contribution in [3.05, 3.63) is 39.9 Å². The second kappa shape index (κ2) is 6.75. The van der Waals surface area contributed by atoms with Gasteiger partial charge in [0.05, 0.1) is 11.0 Å². The number of nitro benzene ring substituents is 1. The van der Waals surface area contributed by atoms with Gasteiger partial charge in [0.25, 0.3) is 5.69 Å². The van der Waals surface area contributed by atoms with Gasteiger partial charge in [-0.3, -0.25) is 10.1 Å². The predicted octanol–water partition coefficient (Wildman–Crippen LogP) is 2.81. The van der Waals surface area contributed by atoms with E-state index in [4.69, 9.17) is 0 Å². The minimum Gasteiger partial charge on any atom is -0.393 e. The smallest absolute Gasteiger partial charge is 0.272 e. The van der Waals surface area contributed by atoms with Crippen LogP contribution in [0.1, 0.15) is 44.1 Å². The standard InChI is InChI=1S/C17H24N2O3/c20-15-9-7-14(8-10-15)18-16(12-5-6-12)11-13-3-1-2-4-17(13)19(21)22/h1-4,12,14-16,18,20H,5-11H2. The van der Waals surface area contributed by atoms with E-state index >= 15 is 0 Å². The number of benzene rings is 1. The highest BCUT2D eigenvalue weighted by molar-refractivity contribution is 5.40. The molecule has 2 aliphatic rings. The van der Waals surface area contributed by atoms with Gasteiger partial charge in [-0.2, -0.15) is 0 Å². The first kappa shape index (κ1) is 15.4. The first-order chi connectivity index (χ1) is 10.6. The topological polar surface area (TPSA) is 75.4 Å². The van der Waals surface area contributed by atoms with E-state index < -0.39 is 0 Å². The maximum atomic E-state index is 11.2. The molecule has 120 valence electrons. The van der Waals surface area contributed by atoms with Crippen molar-refractivity contribution in [1.29, 1.82) is 0 Å². The number of nitro groups is 1. The lowest BCUT2D eigenvalue weighted by Gasteiger charge is -2.30. The first-order valence-electron chi connectivity index (χ1n) is 8.30. The molecule has 0 saturated heterocycles. The summed E-state index contributed by atoms with van der Waals surface area (Å²) in [6.45, 7) is 0. The number of hydrogen-bond acceptors (Lipinski definition) is 4. The van der Waals surface area contributed by atoms with Crippen LogP contribution in [0.3, 0.4) is 0 Å². The normalized spacial score (nSPS) is 26.6. The lowest BCUT2D eigenvalue weighted by Crippen LogP contribution is -2.43. The van der Waals surface area contributed by atoms with Gasteiger partial charge in [-0.05, 0) is 50.9 Å². The Labute approximate surface area is 130 Å². The lowest BCUT2D eigenvalue weighted by atomic mass is 9.91. The van der Waals surface area contributed by atoms with Crippen molar-refractivity contribution >= 4 is 5.69 Å². The zero-order valence-electron chi connectivity index (χ0n) is 12.8. The minimum absolute atomic E-state index is 0.146. The molecule has 1 aromatic rings. The van der Waals surface area contributed by atoms with Crippen molar-refractivity contribution in [3.8, 4) is 0 Å². The molecule has 2 fully saturated rings. The van der Waals surface area contributed by atoms with Gasteiger partial charge in [0, 0.05) is 23.7 Å². The summed E-state index contributed by atoms with van der Waals surface area (Å²) in [7, 11) is 0. The summed E-state index contributed by atoms with van der Waals surface area (Å²) < 4.78 is 0. The second-order valence-corrected chi connectivity index (χ2v) is 6.71. The molecule has 1 atom stereocenters. The molecule has 1 unspecified atom stereocenters. The fourth-order valence-corrected chi connectivity index (χ4v) is 3.50. The summed E-state index contributed by atoms with van der Waals surface area (Å²) in [6, 6.07) is 7.83. The van der Waals surface area contributed by atoms with Crippen molar-refractivity contribution in [2.24, 2.45) is 5.92 Å². The molecule has 0 aromatic heterocycles. The van der Waals surface area contributed by atoms with Gasteiger partial charge in [0.1, 0.15) is 0 Å². The number of aliphatic hydroxyl groups excluding tert-OH is 1. The molecule has 0 heterocycles. The molecule has 0 radical (unpaired) electrons. The molecule has 5 heteroatoms. The minimum atomic E-state index is -0.281. The Kier molecular flexibility index (Phi) is 4.74. The molecule has 2 saturated carbocycles. The monoisotopic (exact) mass is 304 g/mol. The van der Waals surface area contributed by atoms with Crippen molar-refractivity contribution in [2.75, 3.05) is 0 Å². The summed E-state index contributed by atoms with van der Waals surface area (Å²) in [5.74, 6) is 0.645. The first-order valence-corrected chi connectivity index (χ1v) is 8.30. The Morgan fingerprint density at radius 1 is 1.18 bits per heavy atom. The van der Waals surface area contributed by atoms with Crippen LogP contribution in [-0.4, -0.2) is 28.2 Å². The SMILES string of the molecule is O=[N+]([O-])c1ccccc1CC(NC1CCC(O)CC1)C1CC1. The van der Waals surface area contributed by atoms with E-state index in [1.807, 2.05) is 12.1 Å². The van der Waals surface area contributed by atoms with Gasteiger partial charge < -0.3 is 10.4 Å². The molecule has 0 bridgehead atoms. The molecule has 2 N–H and O–H groups in total. The molecule has 0 aliphatic heterocycles. The fourth-order valence-electron chi connectivity index (χ4n) is 3.50. The third-order valence-electron chi connectivity index (χ3n) is 4.97. The number of rotatable bonds is 6. The highest BCUT2D eigenvalue weighted by Crippen LogP contribution is 2.36. The van der Waals surface area contributed by atoms with E-state index in [2.05, 4.69) is 5.32 Å². The number of nitrogens with zero attached hydrogens (tertiary/aromatic N) is 1. The summed E-state index contributed by atoms with van der Waals surface area (Å²) >= 11 is 0. The van der Waals surface area contributed by atoms with Crippen molar-refractivity contribution in [2.45, 2.75) is 63.1 Å². The molecular formula is C17H24N2O3. The Hall–Kier alpha value is -1.46. The summed E-state index contributed by atoms with van der Waals surface area (Å²) in [6.07, 6.45) is 6.74. The number of para-hydroxylation sites is 1. The van der Waals surface area contributed by atoms with Gasteiger partial charge >= 0.3 is 0 Å². The third kappa shape index (κ3) is 3.84. The summed E-state index contributed by atoms with van der Waals surface area (Å²) in [5.41, 5.74) is 1.06. The number of hydrogen-bond donors (Lipinski definition) is 2. The number of aliphatic hydroxyl groups is 1. The molecule has 0 spiro atoms. The third-order valence-corrected chi connectivity index (χ3v) is 4.97. The van der Waals surface area contributed by atoms with Gasteiger partial charge in [-0.1, -0.05) is 18.2 Å². The van der Waals surface area contributed by atoms with Crippen LogP contribution in [0, 0.1) is 16.0 Å². The largest absolute Gasteiger partial charge is 0.393 e. The molecule has 3 rings (SSSR count). The maximum Gasteiger partial charge on any atom is 0.272 e. The number of nitrogens with one attached hydrogen (secondary N) is 1. The average Bonchev–Trinajstić information content (AvgIpc) is 3.34. The van der Waals surface area contributed by atoms with Crippen molar-refractivity contribution in [1.82, 2.24) is 5.32 Å².